The Morgan fingerprint density at radius 3 is 2.85 bits per heavy atom. The van der Waals surface area contributed by atoms with Gasteiger partial charge in [-0.25, -0.2) is 0 Å². The third-order valence-electron chi connectivity index (χ3n) is 2.83. The zero-order chi connectivity index (χ0) is 14.8. The van der Waals surface area contributed by atoms with E-state index in [9.17, 15) is 5.11 Å². The van der Waals surface area contributed by atoms with Crippen molar-refractivity contribution in [3.63, 3.8) is 0 Å². The second kappa shape index (κ2) is 9.83. The van der Waals surface area contributed by atoms with Crippen LogP contribution in [0.4, 0.5) is 0 Å². The molecule has 0 bridgehead atoms. The van der Waals surface area contributed by atoms with Crippen molar-refractivity contribution in [2.45, 2.75) is 39.5 Å². The molecular weight excluding hydrogens is 256 g/mol. The van der Waals surface area contributed by atoms with Crippen molar-refractivity contribution in [2.75, 3.05) is 26.4 Å². The minimum atomic E-state index is -0.508. The Balaban J connectivity index is 2.05. The fourth-order valence-electron chi connectivity index (χ4n) is 1.68. The molecule has 20 heavy (non-hydrogen) atoms. The van der Waals surface area contributed by atoms with E-state index in [0.717, 1.165) is 5.56 Å². The van der Waals surface area contributed by atoms with Gasteiger partial charge in [0, 0.05) is 25.5 Å². The number of ether oxygens (including phenoxy) is 2. The Morgan fingerprint density at radius 2 is 2.15 bits per heavy atom. The zero-order valence-electron chi connectivity index (χ0n) is 12.6. The molecule has 1 heterocycles. The molecule has 2 N–H and O–H groups in total. The fraction of sp³-hybridized carbons (Fsp3) is 0.667. The maximum absolute atomic E-state index is 9.76. The number of hydrogen-bond acceptors (Lipinski definition) is 5. The van der Waals surface area contributed by atoms with E-state index in [-0.39, 0.29) is 6.10 Å². The minimum absolute atomic E-state index is 0.216. The number of pyridine rings is 1. The molecule has 0 radical (unpaired) electrons. The molecule has 1 rings (SSSR count). The SMILES string of the molecule is Cc1ccncc1CNCC(O)COCCOC(C)C. The van der Waals surface area contributed by atoms with Crippen LogP contribution in [0.2, 0.25) is 0 Å². The molecule has 0 aliphatic rings. The van der Waals surface area contributed by atoms with Crippen molar-refractivity contribution in [2.24, 2.45) is 0 Å². The maximum Gasteiger partial charge on any atom is 0.0897 e. The number of hydrogen-bond donors (Lipinski definition) is 2. The van der Waals surface area contributed by atoms with E-state index in [2.05, 4.69) is 10.3 Å². The number of aliphatic hydroxyl groups is 1. The summed E-state index contributed by atoms with van der Waals surface area (Å²) in [6.45, 7) is 8.61. The number of nitrogens with zero attached hydrogens (tertiary/aromatic N) is 1. The molecule has 0 aromatic carbocycles. The smallest absolute Gasteiger partial charge is 0.0897 e. The molecule has 0 amide bonds. The van der Waals surface area contributed by atoms with Gasteiger partial charge in [0.15, 0.2) is 0 Å². The highest BCUT2D eigenvalue weighted by molar-refractivity contribution is 5.20. The predicted octanol–water partition coefficient (Wildman–Crippen LogP) is 1.28. The molecule has 0 aliphatic carbocycles. The van der Waals surface area contributed by atoms with E-state index in [1.807, 2.05) is 33.0 Å². The third-order valence-corrected chi connectivity index (χ3v) is 2.83. The van der Waals surface area contributed by atoms with Gasteiger partial charge in [0.05, 0.1) is 32.0 Å². The van der Waals surface area contributed by atoms with Crippen LogP contribution in [0.5, 0.6) is 0 Å². The Bertz CT molecular complexity index is 372. The van der Waals surface area contributed by atoms with E-state index < -0.39 is 6.10 Å². The normalized spacial score (nSPS) is 12.8. The van der Waals surface area contributed by atoms with Gasteiger partial charge in [-0.2, -0.15) is 0 Å². The molecule has 1 unspecified atom stereocenters. The van der Waals surface area contributed by atoms with Crippen LogP contribution in [0.1, 0.15) is 25.0 Å². The topological polar surface area (TPSA) is 63.6 Å². The number of aryl methyl sites for hydroxylation is 1. The second-order valence-electron chi connectivity index (χ2n) is 5.08. The van der Waals surface area contributed by atoms with Crippen molar-refractivity contribution >= 4 is 0 Å². The summed E-state index contributed by atoms with van der Waals surface area (Å²) in [6.07, 6.45) is 3.33. The van der Waals surface area contributed by atoms with Gasteiger partial charge in [0.1, 0.15) is 0 Å². The van der Waals surface area contributed by atoms with E-state index in [0.29, 0.717) is 32.9 Å². The largest absolute Gasteiger partial charge is 0.389 e. The molecule has 0 fully saturated rings. The van der Waals surface area contributed by atoms with Crippen LogP contribution in [0.25, 0.3) is 0 Å². The lowest BCUT2D eigenvalue weighted by atomic mass is 10.1. The van der Waals surface area contributed by atoms with Gasteiger partial charge >= 0.3 is 0 Å². The zero-order valence-corrected chi connectivity index (χ0v) is 12.6. The molecule has 0 saturated heterocycles. The van der Waals surface area contributed by atoms with Crippen LogP contribution in [0.3, 0.4) is 0 Å². The van der Waals surface area contributed by atoms with Crippen LogP contribution in [-0.2, 0) is 16.0 Å². The van der Waals surface area contributed by atoms with Crippen LogP contribution in [-0.4, -0.2) is 48.7 Å². The molecule has 114 valence electrons. The van der Waals surface area contributed by atoms with Gasteiger partial charge in [-0.05, 0) is 38.0 Å². The van der Waals surface area contributed by atoms with Crippen molar-refractivity contribution in [1.82, 2.24) is 10.3 Å². The Labute approximate surface area is 121 Å². The quantitative estimate of drug-likeness (QED) is 0.633. The van der Waals surface area contributed by atoms with E-state index in [1.54, 1.807) is 6.20 Å². The Hall–Kier alpha value is -1.01. The molecule has 1 atom stereocenters. The van der Waals surface area contributed by atoms with Crippen LogP contribution in [0.15, 0.2) is 18.5 Å². The lowest BCUT2D eigenvalue weighted by molar-refractivity contribution is -0.0100. The third kappa shape index (κ3) is 7.55. The molecule has 5 nitrogen and oxygen atoms in total. The lowest BCUT2D eigenvalue weighted by Crippen LogP contribution is -2.30. The molecule has 1 aromatic rings. The highest BCUT2D eigenvalue weighted by Crippen LogP contribution is 2.03. The van der Waals surface area contributed by atoms with Crippen molar-refractivity contribution in [1.29, 1.82) is 0 Å². The molecule has 0 spiro atoms. The van der Waals surface area contributed by atoms with Gasteiger partial charge < -0.3 is 19.9 Å². The van der Waals surface area contributed by atoms with E-state index in [1.165, 1.54) is 5.56 Å². The summed E-state index contributed by atoms with van der Waals surface area (Å²) in [7, 11) is 0. The first-order valence-corrected chi connectivity index (χ1v) is 7.07. The van der Waals surface area contributed by atoms with E-state index >= 15 is 0 Å². The molecular formula is C15H26N2O3. The van der Waals surface area contributed by atoms with Gasteiger partial charge in [-0.1, -0.05) is 0 Å². The highest BCUT2D eigenvalue weighted by Gasteiger charge is 2.05. The van der Waals surface area contributed by atoms with Crippen molar-refractivity contribution < 1.29 is 14.6 Å². The Morgan fingerprint density at radius 1 is 1.35 bits per heavy atom. The fourth-order valence-corrected chi connectivity index (χ4v) is 1.68. The minimum Gasteiger partial charge on any atom is -0.389 e. The first kappa shape index (κ1) is 17.0. The first-order valence-electron chi connectivity index (χ1n) is 7.07. The summed E-state index contributed by atoms with van der Waals surface area (Å²) in [5.41, 5.74) is 2.34. The monoisotopic (exact) mass is 282 g/mol. The summed E-state index contributed by atoms with van der Waals surface area (Å²) in [4.78, 5) is 4.09. The highest BCUT2D eigenvalue weighted by atomic mass is 16.5. The van der Waals surface area contributed by atoms with Crippen LogP contribution in [0, 0.1) is 6.92 Å². The number of aliphatic hydroxyl groups excluding tert-OH is 1. The number of aromatic nitrogens is 1. The standard InChI is InChI=1S/C15H26N2O3/c1-12(2)20-7-6-19-11-15(18)10-17-9-14-8-16-5-4-13(14)3/h4-5,8,12,15,17-18H,6-7,9-11H2,1-3H3. The van der Waals surface area contributed by atoms with Crippen molar-refractivity contribution in [3.05, 3.63) is 29.6 Å². The van der Waals surface area contributed by atoms with Crippen LogP contribution < -0.4 is 5.32 Å². The molecule has 1 aromatic heterocycles. The first-order chi connectivity index (χ1) is 9.59. The summed E-state index contributed by atoms with van der Waals surface area (Å²) in [6, 6.07) is 1.98. The average Bonchev–Trinajstić information content (AvgIpc) is 2.40. The van der Waals surface area contributed by atoms with Crippen LogP contribution >= 0.6 is 0 Å². The van der Waals surface area contributed by atoms with Crippen molar-refractivity contribution in [3.8, 4) is 0 Å². The number of nitrogens with one attached hydrogen (secondary N) is 1. The summed E-state index contributed by atoms with van der Waals surface area (Å²) >= 11 is 0. The van der Waals surface area contributed by atoms with Gasteiger partial charge in [-0.15, -0.1) is 0 Å². The Kier molecular flexibility index (Phi) is 8.37. The molecule has 5 heteroatoms. The molecule has 0 saturated carbocycles. The van der Waals surface area contributed by atoms with Gasteiger partial charge in [-0.3, -0.25) is 4.98 Å². The molecule has 0 aliphatic heterocycles. The summed E-state index contributed by atoms with van der Waals surface area (Å²) in [5.74, 6) is 0. The second-order valence-corrected chi connectivity index (χ2v) is 5.08. The van der Waals surface area contributed by atoms with E-state index in [4.69, 9.17) is 9.47 Å². The average molecular weight is 282 g/mol. The summed E-state index contributed by atoms with van der Waals surface area (Å²) in [5, 5.41) is 13.0. The summed E-state index contributed by atoms with van der Waals surface area (Å²) < 4.78 is 10.7. The predicted molar refractivity (Wildman–Crippen MR) is 78.6 cm³/mol. The maximum atomic E-state index is 9.76. The lowest BCUT2D eigenvalue weighted by Gasteiger charge is -2.13. The number of rotatable bonds is 10. The van der Waals surface area contributed by atoms with Gasteiger partial charge in [0.2, 0.25) is 0 Å². The van der Waals surface area contributed by atoms with Gasteiger partial charge in [0.25, 0.3) is 0 Å².